The normalized spacial score (nSPS) is 13.7. The number of aliphatic imine (C=N–C) groups is 1. The highest BCUT2D eigenvalue weighted by Gasteiger charge is 2.22. The van der Waals surface area contributed by atoms with Crippen molar-refractivity contribution in [1.29, 1.82) is 0 Å². The predicted octanol–water partition coefficient (Wildman–Crippen LogP) is 3.00. The first-order valence-electron chi connectivity index (χ1n) is 9.89. The van der Waals surface area contributed by atoms with Gasteiger partial charge in [-0.3, -0.25) is 0 Å². The van der Waals surface area contributed by atoms with Crippen molar-refractivity contribution in [2.45, 2.75) is 46.2 Å². The Kier molecular flexibility index (Phi) is 9.52. The van der Waals surface area contributed by atoms with Gasteiger partial charge in [-0.05, 0) is 31.7 Å². The number of benzene rings is 1. The van der Waals surface area contributed by atoms with Crippen LogP contribution < -0.4 is 15.4 Å². The number of guanidine groups is 1. The van der Waals surface area contributed by atoms with Crippen LogP contribution in [0.1, 0.15) is 38.1 Å². The molecule has 1 saturated carbocycles. The molecule has 1 aliphatic rings. The Morgan fingerprint density at radius 3 is 2.82 bits per heavy atom. The predicted molar refractivity (Wildman–Crippen MR) is 122 cm³/mol. The molecule has 1 aromatic heterocycles. The summed E-state index contributed by atoms with van der Waals surface area (Å²) in [6, 6.07) is 8.17. The zero-order valence-electron chi connectivity index (χ0n) is 16.7. The minimum absolute atomic E-state index is 0. The highest BCUT2D eigenvalue weighted by Crippen LogP contribution is 2.30. The number of rotatable bonds is 10. The third-order valence-electron chi connectivity index (χ3n) is 4.55. The van der Waals surface area contributed by atoms with Gasteiger partial charge in [-0.15, -0.1) is 34.2 Å². The minimum atomic E-state index is 0. The fourth-order valence-electron chi connectivity index (χ4n) is 2.81. The van der Waals surface area contributed by atoms with Crippen molar-refractivity contribution >= 4 is 29.9 Å². The molecule has 1 aliphatic carbocycles. The van der Waals surface area contributed by atoms with Gasteiger partial charge in [0.25, 0.3) is 0 Å². The Hall–Kier alpha value is -1.84. The monoisotopic (exact) mass is 498 g/mol. The maximum atomic E-state index is 5.98. The molecule has 1 heterocycles. The number of ether oxygens (including phenoxy) is 1. The first kappa shape index (κ1) is 22.4. The van der Waals surface area contributed by atoms with Crippen LogP contribution >= 0.6 is 24.0 Å². The minimum Gasteiger partial charge on any atom is -0.493 e. The molecular formula is C20H31IN6O. The molecule has 0 radical (unpaired) electrons. The summed E-state index contributed by atoms with van der Waals surface area (Å²) in [5.41, 5.74) is 1.11. The van der Waals surface area contributed by atoms with Crippen molar-refractivity contribution in [3.05, 3.63) is 42.0 Å². The Labute approximate surface area is 184 Å². The molecule has 0 aliphatic heterocycles. The van der Waals surface area contributed by atoms with E-state index in [0.29, 0.717) is 6.54 Å². The third-order valence-corrected chi connectivity index (χ3v) is 4.55. The average molecular weight is 498 g/mol. The number of nitrogens with one attached hydrogen (secondary N) is 2. The maximum absolute atomic E-state index is 5.98. The van der Waals surface area contributed by atoms with E-state index in [1.54, 1.807) is 6.33 Å². The van der Waals surface area contributed by atoms with Crippen molar-refractivity contribution in [2.75, 3.05) is 19.7 Å². The van der Waals surface area contributed by atoms with Gasteiger partial charge >= 0.3 is 0 Å². The lowest BCUT2D eigenvalue weighted by Gasteiger charge is -2.13. The van der Waals surface area contributed by atoms with Gasteiger partial charge in [0.1, 0.15) is 17.9 Å². The van der Waals surface area contributed by atoms with Crippen molar-refractivity contribution < 1.29 is 4.74 Å². The summed E-state index contributed by atoms with van der Waals surface area (Å²) >= 11 is 0. The average Bonchev–Trinajstić information content (AvgIpc) is 3.41. The van der Waals surface area contributed by atoms with Crippen LogP contribution in [0.3, 0.4) is 0 Å². The molecule has 7 nitrogen and oxygen atoms in total. The highest BCUT2D eigenvalue weighted by molar-refractivity contribution is 14.0. The highest BCUT2D eigenvalue weighted by atomic mass is 127. The summed E-state index contributed by atoms with van der Waals surface area (Å²) < 4.78 is 8.05. The number of hydrogen-bond acceptors (Lipinski definition) is 4. The fourth-order valence-corrected chi connectivity index (χ4v) is 2.81. The van der Waals surface area contributed by atoms with Gasteiger partial charge in [0, 0.05) is 31.6 Å². The summed E-state index contributed by atoms with van der Waals surface area (Å²) in [4.78, 5) is 4.72. The van der Waals surface area contributed by atoms with Gasteiger partial charge in [-0.2, -0.15) is 0 Å². The SMILES string of the molecule is CCNC(=NCc1ccccc1OCC1CC1)NCCn1cnnc1CC.I. The number of aryl methyl sites for hydroxylation is 1. The lowest BCUT2D eigenvalue weighted by molar-refractivity contribution is 0.297. The number of halogens is 1. The van der Waals surface area contributed by atoms with Crippen LogP contribution in [0.2, 0.25) is 0 Å². The van der Waals surface area contributed by atoms with Gasteiger partial charge in [0.15, 0.2) is 5.96 Å². The first-order valence-corrected chi connectivity index (χ1v) is 9.89. The second kappa shape index (κ2) is 11.9. The molecule has 0 unspecified atom stereocenters. The molecule has 0 saturated heterocycles. The molecule has 2 aromatic rings. The number of hydrogen-bond donors (Lipinski definition) is 2. The second-order valence-corrected chi connectivity index (χ2v) is 6.78. The lowest BCUT2D eigenvalue weighted by Crippen LogP contribution is -2.38. The summed E-state index contributed by atoms with van der Waals surface area (Å²) in [6.45, 7) is 7.94. The van der Waals surface area contributed by atoms with Gasteiger partial charge in [0.2, 0.25) is 0 Å². The third kappa shape index (κ3) is 6.96. The van der Waals surface area contributed by atoms with E-state index in [9.17, 15) is 0 Å². The summed E-state index contributed by atoms with van der Waals surface area (Å²) in [7, 11) is 0. The summed E-state index contributed by atoms with van der Waals surface area (Å²) in [5.74, 6) is 3.49. The first-order chi connectivity index (χ1) is 13.3. The molecule has 8 heteroatoms. The van der Waals surface area contributed by atoms with E-state index in [2.05, 4.69) is 45.3 Å². The molecule has 1 aromatic carbocycles. The smallest absolute Gasteiger partial charge is 0.191 e. The largest absolute Gasteiger partial charge is 0.493 e. The van der Waals surface area contributed by atoms with Gasteiger partial charge in [-0.1, -0.05) is 25.1 Å². The summed E-state index contributed by atoms with van der Waals surface area (Å²) in [6.07, 6.45) is 5.24. The van der Waals surface area contributed by atoms with Gasteiger partial charge < -0.3 is 19.9 Å². The quantitative estimate of drug-likeness (QED) is 0.299. The van der Waals surface area contributed by atoms with Crippen molar-refractivity contribution in [2.24, 2.45) is 10.9 Å². The molecule has 0 spiro atoms. The zero-order valence-corrected chi connectivity index (χ0v) is 19.1. The maximum Gasteiger partial charge on any atom is 0.191 e. The molecule has 3 rings (SSSR count). The van der Waals surface area contributed by atoms with E-state index in [4.69, 9.17) is 9.73 Å². The Morgan fingerprint density at radius 1 is 1.25 bits per heavy atom. The van der Waals surface area contributed by atoms with Crippen LogP contribution in [-0.4, -0.2) is 40.4 Å². The second-order valence-electron chi connectivity index (χ2n) is 6.78. The van der Waals surface area contributed by atoms with Crippen LogP contribution in [0.15, 0.2) is 35.6 Å². The fraction of sp³-hybridized carbons (Fsp3) is 0.550. The Balaban J connectivity index is 0.00000280. The molecule has 0 amide bonds. The molecule has 1 fully saturated rings. The van der Waals surface area contributed by atoms with E-state index >= 15 is 0 Å². The molecule has 0 bridgehead atoms. The summed E-state index contributed by atoms with van der Waals surface area (Å²) in [5, 5.41) is 14.8. The van der Waals surface area contributed by atoms with Crippen LogP contribution in [0.5, 0.6) is 5.75 Å². The number of nitrogens with zero attached hydrogens (tertiary/aromatic N) is 4. The van der Waals surface area contributed by atoms with Crippen LogP contribution in [-0.2, 0) is 19.5 Å². The molecule has 2 N–H and O–H groups in total. The van der Waals surface area contributed by atoms with Gasteiger partial charge in [-0.25, -0.2) is 4.99 Å². The Bertz CT molecular complexity index is 744. The lowest BCUT2D eigenvalue weighted by atomic mass is 10.2. The van der Waals surface area contributed by atoms with Crippen molar-refractivity contribution in [3.8, 4) is 5.75 Å². The van der Waals surface area contributed by atoms with Crippen LogP contribution in [0, 0.1) is 5.92 Å². The van der Waals surface area contributed by atoms with Gasteiger partial charge in [0.05, 0.1) is 13.2 Å². The molecule has 154 valence electrons. The topological polar surface area (TPSA) is 76.4 Å². The van der Waals surface area contributed by atoms with E-state index in [1.807, 2.05) is 18.2 Å². The standard InChI is InChI=1S/C20H30N6O.HI/c1-3-19-25-24-15-26(19)12-11-22-20(21-4-2)23-13-17-7-5-6-8-18(17)27-14-16-9-10-16;/h5-8,15-16H,3-4,9-14H2,1-2H3,(H2,21,22,23);1H. The van der Waals surface area contributed by atoms with E-state index in [0.717, 1.165) is 61.7 Å². The van der Waals surface area contributed by atoms with E-state index in [1.165, 1.54) is 12.8 Å². The van der Waals surface area contributed by atoms with E-state index in [-0.39, 0.29) is 24.0 Å². The van der Waals surface area contributed by atoms with Crippen LogP contribution in [0.25, 0.3) is 0 Å². The molecule has 0 atom stereocenters. The molecule has 28 heavy (non-hydrogen) atoms. The number of para-hydroxylation sites is 1. The number of aromatic nitrogens is 3. The van der Waals surface area contributed by atoms with Crippen molar-refractivity contribution in [3.63, 3.8) is 0 Å². The Morgan fingerprint density at radius 2 is 2.07 bits per heavy atom. The van der Waals surface area contributed by atoms with Crippen molar-refractivity contribution in [1.82, 2.24) is 25.4 Å². The van der Waals surface area contributed by atoms with E-state index < -0.39 is 0 Å². The van der Waals surface area contributed by atoms with Crippen LogP contribution in [0.4, 0.5) is 0 Å². The molecular weight excluding hydrogens is 467 g/mol. The zero-order chi connectivity index (χ0) is 18.9.